The molecule has 0 aliphatic heterocycles. The summed E-state index contributed by atoms with van der Waals surface area (Å²) in [5, 5.41) is 0. The van der Waals surface area contributed by atoms with Crippen LogP contribution in [-0.2, 0) is 9.84 Å². The van der Waals surface area contributed by atoms with Crippen molar-refractivity contribution in [2.24, 2.45) is 0 Å². The molecule has 1 N–H and O–H groups in total. The van der Waals surface area contributed by atoms with Gasteiger partial charge in [0.05, 0.1) is 4.75 Å². The van der Waals surface area contributed by atoms with E-state index in [-0.39, 0.29) is 6.54 Å². The Kier molecular flexibility index (Phi) is 2.25. The van der Waals surface area contributed by atoms with Gasteiger partial charge in [-0.1, -0.05) is 12.8 Å². The fraction of sp³-hybridized carbons (Fsp3) is 1.00. The van der Waals surface area contributed by atoms with Crippen LogP contribution in [-0.4, -0.2) is 26.0 Å². The van der Waals surface area contributed by atoms with Crippen molar-refractivity contribution in [2.75, 3.05) is 12.8 Å². The summed E-state index contributed by atoms with van der Waals surface area (Å²) in [6.07, 6.45) is 4.56. The molecule has 11 heavy (non-hydrogen) atoms. The van der Waals surface area contributed by atoms with Crippen molar-refractivity contribution in [3.63, 3.8) is 0 Å². The highest BCUT2D eigenvalue weighted by Crippen LogP contribution is 2.35. The third-order valence-corrected chi connectivity index (χ3v) is 4.75. The summed E-state index contributed by atoms with van der Waals surface area (Å²) in [5.41, 5.74) is 7.22. The molecule has 1 radical (unpaired) electrons. The molecule has 1 fully saturated rings. The van der Waals surface area contributed by atoms with Gasteiger partial charge in [-0.05, 0) is 12.8 Å². The molecule has 65 valence electrons. The normalized spacial score (nSPS) is 23.8. The Balaban J connectivity index is 2.93. The van der Waals surface area contributed by atoms with Gasteiger partial charge < -0.3 is 0 Å². The number of hydrogen-bond acceptors (Lipinski definition) is 2. The first kappa shape index (κ1) is 9.00. The highest BCUT2D eigenvalue weighted by Gasteiger charge is 2.41. The molecule has 0 aromatic rings. The molecule has 1 aliphatic rings. The van der Waals surface area contributed by atoms with Crippen LogP contribution in [0, 0.1) is 0 Å². The van der Waals surface area contributed by atoms with Crippen molar-refractivity contribution in [1.82, 2.24) is 5.73 Å². The minimum absolute atomic E-state index is 0.0336. The van der Waals surface area contributed by atoms with Crippen LogP contribution < -0.4 is 5.73 Å². The average Bonchev–Trinajstić information content (AvgIpc) is 2.33. The standard InChI is InChI=1S/C7H14NO2S/c1-11(9,10)7(6-8)4-2-3-5-7/h8H,2-6H2,1H3. The summed E-state index contributed by atoms with van der Waals surface area (Å²) in [4.78, 5) is 0. The van der Waals surface area contributed by atoms with Crippen LogP contribution in [0.1, 0.15) is 25.7 Å². The largest absolute Gasteiger partial charge is 0.256 e. The van der Waals surface area contributed by atoms with E-state index in [0.717, 1.165) is 12.8 Å². The Hall–Kier alpha value is -0.0900. The van der Waals surface area contributed by atoms with Gasteiger partial charge in [-0.3, -0.25) is 5.73 Å². The fourth-order valence-electron chi connectivity index (χ4n) is 1.70. The van der Waals surface area contributed by atoms with Crippen LogP contribution >= 0.6 is 0 Å². The lowest BCUT2D eigenvalue weighted by atomic mass is 10.1. The second kappa shape index (κ2) is 2.75. The Morgan fingerprint density at radius 3 is 2.00 bits per heavy atom. The van der Waals surface area contributed by atoms with Crippen LogP contribution in [0.15, 0.2) is 0 Å². The number of sulfone groups is 1. The van der Waals surface area contributed by atoms with E-state index >= 15 is 0 Å². The second-order valence-corrected chi connectivity index (χ2v) is 5.75. The van der Waals surface area contributed by atoms with Crippen molar-refractivity contribution < 1.29 is 8.42 Å². The van der Waals surface area contributed by atoms with Crippen molar-refractivity contribution in [3.8, 4) is 0 Å². The van der Waals surface area contributed by atoms with Gasteiger partial charge in [0.2, 0.25) is 0 Å². The zero-order valence-corrected chi connectivity index (χ0v) is 7.58. The number of nitrogens with one attached hydrogen (secondary N) is 1. The monoisotopic (exact) mass is 176 g/mol. The summed E-state index contributed by atoms with van der Waals surface area (Å²) >= 11 is 0. The molecule has 1 saturated carbocycles. The van der Waals surface area contributed by atoms with Crippen molar-refractivity contribution in [1.29, 1.82) is 0 Å². The molecule has 0 atom stereocenters. The molecule has 4 heteroatoms. The summed E-state index contributed by atoms with van der Waals surface area (Å²) in [6.45, 7) is 0.0336. The van der Waals surface area contributed by atoms with Gasteiger partial charge in [-0.15, -0.1) is 0 Å². The highest BCUT2D eigenvalue weighted by molar-refractivity contribution is 7.92. The molecule has 1 aliphatic carbocycles. The predicted octanol–water partition coefficient (Wildman–Crippen LogP) is 0.627. The van der Waals surface area contributed by atoms with Crippen LogP contribution in [0.2, 0.25) is 0 Å². The first-order valence-corrected chi connectivity index (χ1v) is 5.75. The minimum Gasteiger partial charge on any atom is -0.256 e. The maximum Gasteiger partial charge on any atom is 0.154 e. The van der Waals surface area contributed by atoms with Crippen molar-refractivity contribution in [2.45, 2.75) is 30.4 Å². The first-order chi connectivity index (χ1) is 5.02. The Morgan fingerprint density at radius 1 is 1.36 bits per heavy atom. The Morgan fingerprint density at radius 2 is 1.82 bits per heavy atom. The summed E-state index contributed by atoms with van der Waals surface area (Å²) < 4.78 is 21.8. The number of rotatable bonds is 2. The predicted molar refractivity (Wildman–Crippen MR) is 44.0 cm³/mol. The van der Waals surface area contributed by atoms with E-state index < -0.39 is 14.6 Å². The van der Waals surface area contributed by atoms with Gasteiger partial charge >= 0.3 is 0 Å². The smallest absolute Gasteiger partial charge is 0.154 e. The van der Waals surface area contributed by atoms with E-state index in [1.807, 2.05) is 0 Å². The molecular weight excluding hydrogens is 162 g/mol. The topological polar surface area (TPSA) is 57.9 Å². The maximum atomic E-state index is 11.3. The molecule has 0 amide bonds. The molecule has 3 nitrogen and oxygen atoms in total. The maximum absolute atomic E-state index is 11.3. The molecule has 0 heterocycles. The van der Waals surface area contributed by atoms with E-state index in [9.17, 15) is 8.42 Å². The van der Waals surface area contributed by atoms with E-state index in [0.29, 0.717) is 12.8 Å². The third-order valence-electron chi connectivity index (χ3n) is 2.62. The molecule has 0 spiro atoms. The molecule has 0 unspecified atom stereocenters. The summed E-state index contributed by atoms with van der Waals surface area (Å²) in [7, 11) is -3.00. The SMILES string of the molecule is CS(=O)(=O)C1(C[NH])CCCC1. The van der Waals surface area contributed by atoms with Gasteiger partial charge in [-0.25, -0.2) is 8.42 Å². The molecule has 1 rings (SSSR count). The van der Waals surface area contributed by atoms with E-state index in [1.54, 1.807) is 0 Å². The van der Waals surface area contributed by atoms with Crippen LogP contribution in [0.25, 0.3) is 0 Å². The molecular formula is C7H14NO2S. The first-order valence-electron chi connectivity index (χ1n) is 3.86. The van der Waals surface area contributed by atoms with Crippen LogP contribution in [0.5, 0.6) is 0 Å². The molecule has 0 aromatic heterocycles. The zero-order chi connectivity index (χ0) is 8.54. The van der Waals surface area contributed by atoms with Crippen molar-refractivity contribution in [3.05, 3.63) is 0 Å². The quantitative estimate of drug-likeness (QED) is 0.619. The van der Waals surface area contributed by atoms with Crippen LogP contribution in [0.3, 0.4) is 0 Å². The van der Waals surface area contributed by atoms with Crippen LogP contribution in [0.4, 0.5) is 0 Å². The third kappa shape index (κ3) is 1.42. The minimum atomic E-state index is -3.00. The van der Waals surface area contributed by atoms with Gasteiger partial charge in [-0.2, -0.15) is 0 Å². The zero-order valence-electron chi connectivity index (χ0n) is 6.76. The van der Waals surface area contributed by atoms with E-state index in [4.69, 9.17) is 5.73 Å². The second-order valence-electron chi connectivity index (χ2n) is 3.34. The molecule has 0 aromatic carbocycles. The lowest BCUT2D eigenvalue weighted by Crippen LogP contribution is -2.39. The summed E-state index contributed by atoms with van der Waals surface area (Å²) in [5.74, 6) is 0. The van der Waals surface area contributed by atoms with Gasteiger partial charge in [0, 0.05) is 12.8 Å². The molecule has 0 bridgehead atoms. The van der Waals surface area contributed by atoms with Gasteiger partial charge in [0.1, 0.15) is 0 Å². The fourth-order valence-corrected chi connectivity index (χ4v) is 2.99. The van der Waals surface area contributed by atoms with E-state index in [2.05, 4.69) is 0 Å². The number of hydrogen-bond donors (Lipinski definition) is 0. The van der Waals surface area contributed by atoms with Crippen molar-refractivity contribution >= 4 is 9.84 Å². The summed E-state index contributed by atoms with van der Waals surface area (Å²) in [6, 6.07) is 0. The lowest BCUT2D eigenvalue weighted by Gasteiger charge is -2.23. The lowest BCUT2D eigenvalue weighted by molar-refractivity contribution is 0.517. The Labute approximate surface area is 67.9 Å². The average molecular weight is 176 g/mol. The Bertz CT molecular complexity index is 227. The van der Waals surface area contributed by atoms with Gasteiger partial charge in [0.15, 0.2) is 9.84 Å². The highest BCUT2D eigenvalue weighted by atomic mass is 32.2. The van der Waals surface area contributed by atoms with Gasteiger partial charge in [0.25, 0.3) is 0 Å². The molecule has 0 saturated heterocycles. The van der Waals surface area contributed by atoms with E-state index in [1.165, 1.54) is 6.26 Å².